The molecule has 1 heterocycles. The molecule has 1 unspecified atom stereocenters. The van der Waals surface area contributed by atoms with Crippen molar-refractivity contribution in [3.05, 3.63) is 28.3 Å². The van der Waals surface area contributed by atoms with Crippen LogP contribution in [-0.4, -0.2) is 6.10 Å². The minimum Gasteiger partial charge on any atom is -0.489 e. The largest absolute Gasteiger partial charge is 0.489 e. The molecule has 0 spiro atoms. The number of halogens is 1. The third kappa shape index (κ3) is 1.36. The van der Waals surface area contributed by atoms with Crippen LogP contribution in [0.2, 0.25) is 5.02 Å². The lowest BCUT2D eigenvalue weighted by Gasteiger charge is -2.03. The van der Waals surface area contributed by atoms with E-state index in [4.69, 9.17) is 21.6 Å². The predicted octanol–water partition coefficient (Wildman–Crippen LogP) is 2.54. The Morgan fingerprint density at radius 2 is 2.38 bits per heavy atom. The Kier molecular flexibility index (Phi) is 1.90. The van der Waals surface area contributed by atoms with Gasteiger partial charge in [0.15, 0.2) is 0 Å². The van der Waals surface area contributed by atoms with Crippen molar-refractivity contribution < 1.29 is 4.74 Å². The Morgan fingerprint density at radius 3 is 3.08 bits per heavy atom. The van der Waals surface area contributed by atoms with Gasteiger partial charge in [-0.05, 0) is 19.1 Å². The van der Waals surface area contributed by atoms with E-state index < -0.39 is 0 Å². The molecule has 0 aliphatic carbocycles. The van der Waals surface area contributed by atoms with Crippen LogP contribution in [0, 0.1) is 11.3 Å². The second-order valence-corrected chi connectivity index (χ2v) is 3.62. The smallest absolute Gasteiger partial charge is 0.140 e. The Morgan fingerprint density at radius 1 is 1.62 bits per heavy atom. The number of hydrogen-bond acceptors (Lipinski definition) is 2. The fraction of sp³-hybridized carbons (Fsp3) is 0.300. The molecule has 0 aromatic heterocycles. The van der Waals surface area contributed by atoms with Crippen molar-refractivity contribution in [3.8, 4) is 11.8 Å². The van der Waals surface area contributed by atoms with Gasteiger partial charge in [-0.1, -0.05) is 11.6 Å². The molecular weight excluding hydrogens is 186 g/mol. The molecule has 66 valence electrons. The lowest BCUT2D eigenvalue weighted by Crippen LogP contribution is -2.05. The van der Waals surface area contributed by atoms with Crippen molar-refractivity contribution in [2.24, 2.45) is 0 Å². The maximum atomic E-state index is 8.82. The van der Waals surface area contributed by atoms with E-state index in [1.807, 2.05) is 13.0 Å². The Labute approximate surface area is 81.7 Å². The fourth-order valence-corrected chi connectivity index (χ4v) is 1.82. The van der Waals surface area contributed by atoms with E-state index in [1.54, 1.807) is 6.07 Å². The van der Waals surface area contributed by atoms with E-state index in [9.17, 15) is 0 Å². The summed E-state index contributed by atoms with van der Waals surface area (Å²) in [6, 6.07) is 5.58. The number of benzene rings is 1. The quantitative estimate of drug-likeness (QED) is 0.635. The van der Waals surface area contributed by atoms with Crippen molar-refractivity contribution >= 4 is 11.6 Å². The van der Waals surface area contributed by atoms with Crippen LogP contribution >= 0.6 is 11.6 Å². The lowest BCUT2D eigenvalue weighted by atomic mass is 10.1. The van der Waals surface area contributed by atoms with Gasteiger partial charge in [0.2, 0.25) is 0 Å². The monoisotopic (exact) mass is 193 g/mol. The highest BCUT2D eigenvalue weighted by molar-refractivity contribution is 6.30. The molecule has 0 bridgehead atoms. The first-order valence-electron chi connectivity index (χ1n) is 4.10. The molecular formula is C10H8ClNO. The summed E-state index contributed by atoms with van der Waals surface area (Å²) in [6.07, 6.45) is 0.991. The van der Waals surface area contributed by atoms with Crippen molar-refractivity contribution in [1.82, 2.24) is 0 Å². The predicted molar refractivity (Wildman–Crippen MR) is 50.0 cm³/mol. The van der Waals surface area contributed by atoms with Gasteiger partial charge in [-0.3, -0.25) is 0 Å². The molecule has 2 rings (SSSR count). The summed E-state index contributed by atoms with van der Waals surface area (Å²) >= 11 is 5.85. The number of ether oxygens (including phenoxy) is 1. The second-order valence-electron chi connectivity index (χ2n) is 3.19. The molecule has 0 saturated heterocycles. The minimum atomic E-state index is 0.153. The lowest BCUT2D eigenvalue weighted by molar-refractivity contribution is 0.254. The zero-order valence-corrected chi connectivity index (χ0v) is 7.93. The molecule has 13 heavy (non-hydrogen) atoms. The van der Waals surface area contributed by atoms with Gasteiger partial charge in [0, 0.05) is 17.0 Å². The summed E-state index contributed by atoms with van der Waals surface area (Å²) in [6.45, 7) is 1.98. The third-order valence-electron chi connectivity index (χ3n) is 2.08. The van der Waals surface area contributed by atoms with Gasteiger partial charge >= 0.3 is 0 Å². The van der Waals surface area contributed by atoms with Crippen molar-refractivity contribution in [2.75, 3.05) is 0 Å². The van der Waals surface area contributed by atoms with E-state index in [0.717, 1.165) is 12.0 Å². The van der Waals surface area contributed by atoms with E-state index in [-0.39, 0.29) is 6.10 Å². The van der Waals surface area contributed by atoms with E-state index >= 15 is 0 Å². The second kappa shape index (κ2) is 2.93. The topological polar surface area (TPSA) is 33.0 Å². The molecule has 1 atom stereocenters. The zero-order chi connectivity index (χ0) is 9.42. The maximum Gasteiger partial charge on any atom is 0.140 e. The number of hydrogen-bond donors (Lipinski definition) is 0. The van der Waals surface area contributed by atoms with Gasteiger partial charge in [0.25, 0.3) is 0 Å². The molecule has 0 N–H and O–H groups in total. The van der Waals surface area contributed by atoms with Gasteiger partial charge in [0.05, 0.1) is 5.56 Å². The Balaban J connectivity index is 2.58. The van der Waals surface area contributed by atoms with Gasteiger partial charge < -0.3 is 4.74 Å². The molecule has 1 aliphatic heterocycles. The first-order valence-corrected chi connectivity index (χ1v) is 4.47. The highest BCUT2D eigenvalue weighted by atomic mass is 35.5. The molecule has 3 heteroatoms. The van der Waals surface area contributed by atoms with Crippen LogP contribution in [0.1, 0.15) is 18.1 Å². The van der Waals surface area contributed by atoms with E-state index in [1.165, 1.54) is 0 Å². The number of fused-ring (bicyclic) bond motifs is 1. The average molecular weight is 194 g/mol. The SMILES string of the molecule is CC1Cc2cc(Cl)cc(C#N)c2O1. The normalized spacial score (nSPS) is 19.0. The molecule has 0 radical (unpaired) electrons. The minimum absolute atomic E-state index is 0.153. The number of nitrogens with zero attached hydrogens (tertiary/aromatic N) is 1. The van der Waals surface area contributed by atoms with Crippen molar-refractivity contribution in [2.45, 2.75) is 19.4 Å². The van der Waals surface area contributed by atoms with Crippen LogP contribution in [-0.2, 0) is 6.42 Å². The van der Waals surface area contributed by atoms with Crippen LogP contribution in [0.4, 0.5) is 0 Å². The standard InChI is InChI=1S/C10H8ClNO/c1-6-2-7-3-9(11)4-8(5-12)10(7)13-6/h3-4,6H,2H2,1H3. The maximum absolute atomic E-state index is 8.82. The number of nitriles is 1. The van der Waals surface area contributed by atoms with Gasteiger partial charge in [-0.15, -0.1) is 0 Å². The third-order valence-corrected chi connectivity index (χ3v) is 2.30. The van der Waals surface area contributed by atoms with Crippen LogP contribution in [0.5, 0.6) is 5.75 Å². The Bertz CT molecular complexity index is 395. The summed E-state index contributed by atoms with van der Waals surface area (Å²) in [5, 5.41) is 9.43. The molecule has 0 saturated carbocycles. The summed E-state index contributed by atoms with van der Waals surface area (Å²) in [5.74, 6) is 0.708. The van der Waals surface area contributed by atoms with Gasteiger partial charge in [-0.25, -0.2) is 0 Å². The summed E-state index contributed by atoms with van der Waals surface area (Å²) in [5.41, 5.74) is 1.57. The molecule has 1 aromatic carbocycles. The number of rotatable bonds is 0. The first kappa shape index (κ1) is 8.40. The van der Waals surface area contributed by atoms with E-state index in [2.05, 4.69) is 6.07 Å². The summed E-state index contributed by atoms with van der Waals surface area (Å²) < 4.78 is 5.50. The summed E-state index contributed by atoms with van der Waals surface area (Å²) in [7, 11) is 0. The van der Waals surface area contributed by atoms with Crippen LogP contribution in [0.15, 0.2) is 12.1 Å². The molecule has 2 nitrogen and oxygen atoms in total. The molecule has 0 fully saturated rings. The van der Waals surface area contributed by atoms with Crippen LogP contribution in [0.25, 0.3) is 0 Å². The van der Waals surface area contributed by atoms with Gasteiger partial charge in [-0.2, -0.15) is 5.26 Å². The average Bonchev–Trinajstić information content (AvgIpc) is 2.43. The highest BCUT2D eigenvalue weighted by Crippen LogP contribution is 2.34. The molecule has 1 aromatic rings. The fourth-order valence-electron chi connectivity index (χ4n) is 1.58. The molecule has 0 amide bonds. The van der Waals surface area contributed by atoms with Crippen LogP contribution in [0.3, 0.4) is 0 Å². The highest BCUT2D eigenvalue weighted by Gasteiger charge is 2.22. The zero-order valence-electron chi connectivity index (χ0n) is 7.17. The van der Waals surface area contributed by atoms with Crippen LogP contribution < -0.4 is 4.74 Å². The van der Waals surface area contributed by atoms with Crippen molar-refractivity contribution in [1.29, 1.82) is 5.26 Å². The molecule has 1 aliphatic rings. The Hall–Kier alpha value is -1.20. The summed E-state index contributed by atoms with van der Waals surface area (Å²) in [4.78, 5) is 0. The van der Waals surface area contributed by atoms with Gasteiger partial charge in [0.1, 0.15) is 17.9 Å². The van der Waals surface area contributed by atoms with Crippen molar-refractivity contribution in [3.63, 3.8) is 0 Å². The first-order chi connectivity index (χ1) is 6.20. The van der Waals surface area contributed by atoms with E-state index in [0.29, 0.717) is 16.3 Å².